The Bertz CT molecular complexity index is 734. The smallest absolute Gasteiger partial charge is 0.343 e. The molecule has 138 valence electrons. The van der Waals surface area contributed by atoms with Gasteiger partial charge in [-0.2, -0.15) is 0 Å². The first-order chi connectivity index (χ1) is 12.5. The van der Waals surface area contributed by atoms with Gasteiger partial charge in [-0.1, -0.05) is 25.5 Å². The van der Waals surface area contributed by atoms with Crippen LogP contribution in [-0.2, 0) is 4.74 Å². The third kappa shape index (κ3) is 5.62. The highest BCUT2D eigenvalue weighted by molar-refractivity contribution is 5.94. The molecule has 0 saturated carbocycles. The first kappa shape index (κ1) is 19.5. The zero-order valence-corrected chi connectivity index (χ0v) is 15.4. The van der Waals surface area contributed by atoms with Crippen LogP contribution in [0.25, 0.3) is 0 Å². The van der Waals surface area contributed by atoms with E-state index in [0.717, 1.165) is 12.8 Å². The summed E-state index contributed by atoms with van der Waals surface area (Å²) in [6.07, 6.45) is 1.75. The fourth-order valence-electron chi connectivity index (χ4n) is 2.18. The Morgan fingerprint density at radius 3 is 2.04 bits per heavy atom. The average molecular weight is 356 g/mol. The van der Waals surface area contributed by atoms with Gasteiger partial charge in [0.05, 0.1) is 23.8 Å². The number of carbonyl (C=O) groups excluding carboxylic acids is 2. The molecular weight excluding hydrogens is 332 g/mol. The molecule has 0 fully saturated rings. The fourth-order valence-corrected chi connectivity index (χ4v) is 2.18. The Morgan fingerprint density at radius 1 is 0.885 bits per heavy atom. The van der Waals surface area contributed by atoms with E-state index < -0.39 is 11.9 Å². The van der Waals surface area contributed by atoms with Crippen LogP contribution < -0.4 is 9.47 Å². The molecule has 0 heterocycles. The lowest BCUT2D eigenvalue weighted by atomic mass is 10.1. The largest absolute Gasteiger partial charge is 0.487 e. The number of unbranched alkanes of at least 4 members (excludes halogenated alkanes) is 1. The molecule has 0 aliphatic carbocycles. The summed E-state index contributed by atoms with van der Waals surface area (Å²) >= 11 is 0. The lowest BCUT2D eigenvalue weighted by Crippen LogP contribution is -2.12. The van der Waals surface area contributed by atoms with Crippen LogP contribution in [0.3, 0.4) is 0 Å². The van der Waals surface area contributed by atoms with Gasteiger partial charge in [0, 0.05) is 0 Å². The molecule has 0 aromatic heterocycles. The van der Waals surface area contributed by atoms with Gasteiger partial charge in [-0.3, -0.25) is 0 Å². The van der Waals surface area contributed by atoms with E-state index in [1.165, 1.54) is 0 Å². The highest BCUT2D eigenvalue weighted by Gasteiger charge is 2.14. The molecule has 2 aromatic carbocycles. The quantitative estimate of drug-likeness (QED) is 0.391. The van der Waals surface area contributed by atoms with Crippen LogP contribution >= 0.6 is 0 Å². The summed E-state index contributed by atoms with van der Waals surface area (Å²) in [5.74, 6) is -0.0500. The highest BCUT2D eigenvalue weighted by Crippen LogP contribution is 2.28. The van der Waals surface area contributed by atoms with Crippen LogP contribution in [0.15, 0.2) is 48.5 Å². The zero-order valence-electron chi connectivity index (χ0n) is 15.4. The van der Waals surface area contributed by atoms with Crippen LogP contribution in [0.1, 0.15) is 54.3 Å². The van der Waals surface area contributed by atoms with Crippen molar-refractivity contribution in [2.24, 2.45) is 0 Å². The second kappa shape index (κ2) is 9.61. The molecule has 0 atom stereocenters. The van der Waals surface area contributed by atoms with Gasteiger partial charge >= 0.3 is 11.9 Å². The van der Waals surface area contributed by atoms with Crippen molar-refractivity contribution in [2.75, 3.05) is 6.61 Å². The van der Waals surface area contributed by atoms with E-state index in [0.29, 0.717) is 29.2 Å². The molecular formula is C21H24O5. The van der Waals surface area contributed by atoms with Gasteiger partial charge in [0.15, 0.2) is 11.5 Å². The monoisotopic (exact) mass is 356 g/mol. The van der Waals surface area contributed by atoms with Crippen molar-refractivity contribution in [1.82, 2.24) is 0 Å². The van der Waals surface area contributed by atoms with Crippen molar-refractivity contribution in [3.8, 4) is 11.5 Å². The first-order valence-electron chi connectivity index (χ1n) is 8.76. The molecule has 0 aliphatic heterocycles. The average Bonchev–Trinajstić information content (AvgIpc) is 2.63. The lowest BCUT2D eigenvalue weighted by Gasteiger charge is -2.13. The molecule has 0 bridgehead atoms. The molecule has 5 nitrogen and oxygen atoms in total. The molecule has 0 radical (unpaired) electrons. The zero-order chi connectivity index (χ0) is 18.9. The molecule has 5 heteroatoms. The second-order valence-electron chi connectivity index (χ2n) is 6.07. The van der Waals surface area contributed by atoms with Crippen molar-refractivity contribution in [3.63, 3.8) is 0 Å². The Balaban J connectivity index is 2.03. The van der Waals surface area contributed by atoms with E-state index in [2.05, 4.69) is 0 Å². The van der Waals surface area contributed by atoms with Crippen LogP contribution in [0.4, 0.5) is 0 Å². The van der Waals surface area contributed by atoms with Crippen LogP contribution in [0, 0.1) is 0 Å². The van der Waals surface area contributed by atoms with Gasteiger partial charge in [0.25, 0.3) is 0 Å². The van der Waals surface area contributed by atoms with Crippen molar-refractivity contribution >= 4 is 11.9 Å². The van der Waals surface area contributed by atoms with Gasteiger partial charge in [-0.25, -0.2) is 9.59 Å². The molecule has 0 spiro atoms. The third-order valence-electron chi connectivity index (χ3n) is 3.50. The molecule has 0 saturated heterocycles. The van der Waals surface area contributed by atoms with E-state index in [1.807, 2.05) is 26.8 Å². The van der Waals surface area contributed by atoms with Crippen molar-refractivity contribution in [2.45, 2.75) is 39.7 Å². The number of rotatable bonds is 8. The Kier molecular flexibility index (Phi) is 7.21. The molecule has 0 aliphatic rings. The minimum Gasteiger partial charge on any atom is -0.487 e. The molecule has 0 unspecified atom stereocenters. The summed E-state index contributed by atoms with van der Waals surface area (Å²) in [5.41, 5.74) is 0.746. The van der Waals surface area contributed by atoms with Crippen LogP contribution in [0.5, 0.6) is 11.5 Å². The van der Waals surface area contributed by atoms with Crippen molar-refractivity contribution in [3.05, 3.63) is 59.7 Å². The van der Waals surface area contributed by atoms with E-state index in [-0.39, 0.29) is 6.10 Å². The number of para-hydroxylation sites is 2. The maximum atomic E-state index is 12.4. The van der Waals surface area contributed by atoms with Gasteiger partial charge in [-0.05, 0) is 56.7 Å². The number of esters is 2. The fraction of sp³-hybridized carbons (Fsp3) is 0.333. The summed E-state index contributed by atoms with van der Waals surface area (Å²) in [4.78, 5) is 24.2. The van der Waals surface area contributed by atoms with Crippen molar-refractivity contribution in [1.29, 1.82) is 0 Å². The minimum atomic E-state index is -0.518. The molecule has 0 amide bonds. The minimum absolute atomic E-state index is 0.0344. The maximum Gasteiger partial charge on any atom is 0.343 e. The molecule has 26 heavy (non-hydrogen) atoms. The first-order valence-corrected chi connectivity index (χ1v) is 8.76. The van der Waals surface area contributed by atoms with Crippen LogP contribution in [-0.4, -0.2) is 24.6 Å². The van der Waals surface area contributed by atoms with Gasteiger partial charge in [0.1, 0.15) is 0 Å². The standard InChI is InChI=1S/C21H24O5/c1-4-5-14-24-20(22)16-10-12-17(13-11-16)21(23)26-19-9-7-6-8-18(19)25-15(2)3/h6-13,15H,4-5,14H2,1-3H3. The predicted octanol–water partition coefficient (Wildman–Crippen LogP) is 4.65. The maximum absolute atomic E-state index is 12.4. The Labute approximate surface area is 153 Å². The Hall–Kier alpha value is -2.82. The normalized spacial score (nSPS) is 10.5. The van der Waals surface area contributed by atoms with E-state index >= 15 is 0 Å². The number of carbonyl (C=O) groups is 2. The highest BCUT2D eigenvalue weighted by atomic mass is 16.6. The molecule has 2 aromatic rings. The Morgan fingerprint density at radius 2 is 1.46 bits per heavy atom. The molecule has 0 N–H and O–H groups in total. The number of benzene rings is 2. The SMILES string of the molecule is CCCCOC(=O)c1ccc(C(=O)Oc2ccccc2OC(C)C)cc1. The summed E-state index contributed by atoms with van der Waals surface area (Å²) in [6, 6.07) is 13.2. The summed E-state index contributed by atoms with van der Waals surface area (Å²) in [5, 5.41) is 0. The number of hydrogen-bond acceptors (Lipinski definition) is 5. The van der Waals surface area contributed by atoms with Gasteiger partial charge in [0.2, 0.25) is 0 Å². The number of hydrogen-bond donors (Lipinski definition) is 0. The summed E-state index contributed by atoms with van der Waals surface area (Å²) in [6.45, 7) is 6.22. The van der Waals surface area contributed by atoms with Gasteiger partial charge < -0.3 is 14.2 Å². The molecule has 2 rings (SSSR count). The van der Waals surface area contributed by atoms with E-state index in [1.54, 1.807) is 42.5 Å². The van der Waals surface area contributed by atoms with E-state index in [9.17, 15) is 9.59 Å². The van der Waals surface area contributed by atoms with E-state index in [4.69, 9.17) is 14.2 Å². The lowest BCUT2D eigenvalue weighted by molar-refractivity contribution is 0.0499. The third-order valence-corrected chi connectivity index (χ3v) is 3.50. The summed E-state index contributed by atoms with van der Waals surface area (Å²) < 4.78 is 16.2. The van der Waals surface area contributed by atoms with Crippen molar-refractivity contribution < 1.29 is 23.8 Å². The van der Waals surface area contributed by atoms with Gasteiger partial charge in [-0.15, -0.1) is 0 Å². The number of ether oxygens (including phenoxy) is 3. The topological polar surface area (TPSA) is 61.8 Å². The predicted molar refractivity (Wildman–Crippen MR) is 98.8 cm³/mol. The summed E-state index contributed by atoms with van der Waals surface area (Å²) in [7, 11) is 0. The second-order valence-corrected chi connectivity index (χ2v) is 6.07. The van der Waals surface area contributed by atoms with Crippen LogP contribution in [0.2, 0.25) is 0 Å².